The van der Waals surface area contributed by atoms with Gasteiger partial charge in [-0.3, -0.25) is 9.59 Å². The number of ketones is 2. The third-order valence-electron chi connectivity index (χ3n) is 3.85. The third-order valence-corrected chi connectivity index (χ3v) is 6.23. The fraction of sp³-hybridized carbons (Fsp3) is 0. The van der Waals surface area contributed by atoms with E-state index in [9.17, 15) is 9.59 Å². The molecule has 1 aliphatic carbocycles. The Hall–Kier alpha value is -1.56. The first kappa shape index (κ1) is 15.0. The van der Waals surface area contributed by atoms with Crippen LogP contribution in [-0.2, 0) is 0 Å². The zero-order chi connectivity index (χ0) is 16.1. The monoisotopic (exact) mass is 446 g/mol. The predicted octanol–water partition coefficient (Wildman–Crippen LogP) is 5.89. The molecule has 0 fully saturated rings. The minimum atomic E-state index is -0.204. The summed E-state index contributed by atoms with van der Waals surface area (Å²) in [5.74, 6) is -0.407. The Kier molecular flexibility index (Phi) is 3.59. The quantitative estimate of drug-likeness (QED) is 0.344. The Labute approximate surface area is 153 Å². The molecule has 2 nitrogen and oxygen atoms in total. The van der Waals surface area contributed by atoms with Crippen molar-refractivity contribution >= 4 is 71.6 Å². The van der Waals surface area contributed by atoms with Crippen LogP contribution in [0.15, 0.2) is 55.6 Å². The molecule has 1 aromatic heterocycles. The van der Waals surface area contributed by atoms with E-state index in [4.69, 9.17) is 0 Å². The number of thiophene rings is 1. The van der Waals surface area contributed by atoms with Crippen LogP contribution < -0.4 is 0 Å². The molecule has 0 N–H and O–H groups in total. The summed E-state index contributed by atoms with van der Waals surface area (Å²) in [5, 5.41) is 1.93. The molecule has 3 aromatic rings. The van der Waals surface area contributed by atoms with Crippen LogP contribution in [0.2, 0.25) is 0 Å². The third kappa shape index (κ3) is 2.43. The van der Waals surface area contributed by atoms with Crippen LogP contribution in [0.4, 0.5) is 0 Å². The van der Waals surface area contributed by atoms with Gasteiger partial charge in [-0.15, -0.1) is 11.3 Å². The van der Waals surface area contributed by atoms with Crippen LogP contribution in [0.1, 0.15) is 26.3 Å². The number of carbonyl (C=O) groups is 2. The van der Waals surface area contributed by atoms with E-state index in [0.717, 1.165) is 23.9 Å². The Balaban J connectivity index is 1.89. The van der Waals surface area contributed by atoms with Gasteiger partial charge in [0.1, 0.15) is 0 Å². The fourth-order valence-electron chi connectivity index (χ4n) is 2.75. The molecule has 1 heterocycles. The van der Waals surface area contributed by atoms with E-state index < -0.39 is 0 Å². The lowest BCUT2D eigenvalue weighted by Crippen LogP contribution is -1.99. The van der Waals surface area contributed by atoms with Crippen LogP contribution in [0.3, 0.4) is 0 Å². The summed E-state index contributed by atoms with van der Waals surface area (Å²) in [6.07, 6.45) is 1.67. The van der Waals surface area contributed by atoms with Crippen LogP contribution in [0, 0.1) is 0 Å². The van der Waals surface area contributed by atoms with E-state index in [1.165, 1.54) is 11.3 Å². The molecule has 0 spiro atoms. The van der Waals surface area contributed by atoms with E-state index in [0.29, 0.717) is 11.1 Å². The van der Waals surface area contributed by atoms with Crippen molar-refractivity contribution in [3.8, 4) is 0 Å². The smallest absolute Gasteiger partial charge is 0.197 e. The van der Waals surface area contributed by atoms with Crippen molar-refractivity contribution in [3.63, 3.8) is 0 Å². The summed E-state index contributed by atoms with van der Waals surface area (Å²) < 4.78 is 1.83. The van der Waals surface area contributed by atoms with Crippen molar-refractivity contribution in [2.75, 3.05) is 0 Å². The lowest BCUT2D eigenvalue weighted by Gasteiger charge is -2.00. The molecule has 0 amide bonds. The summed E-state index contributed by atoms with van der Waals surface area (Å²) in [7, 11) is 0. The molecule has 5 heteroatoms. The Morgan fingerprint density at radius 3 is 1.91 bits per heavy atom. The second-order valence-electron chi connectivity index (χ2n) is 5.24. The van der Waals surface area contributed by atoms with Gasteiger partial charge < -0.3 is 0 Å². The number of allylic oxidation sites excluding steroid dienone is 1. The summed E-state index contributed by atoms with van der Waals surface area (Å²) in [6, 6.07) is 13.2. The molecule has 0 bridgehead atoms. The maximum absolute atomic E-state index is 12.7. The topological polar surface area (TPSA) is 34.1 Å². The number of carbonyl (C=O) groups excluding carboxylic acids is 2. The fourth-order valence-corrected chi connectivity index (χ4v) is 5.48. The Morgan fingerprint density at radius 2 is 1.43 bits per heavy atom. The number of benzene rings is 2. The first-order chi connectivity index (χ1) is 11.0. The van der Waals surface area contributed by atoms with Gasteiger partial charge in [0.15, 0.2) is 11.6 Å². The molecule has 0 unspecified atom stereocenters. The molecule has 2 aromatic carbocycles. The molecule has 0 radical (unpaired) electrons. The van der Waals surface area contributed by atoms with Gasteiger partial charge >= 0.3 is 0 Å². The van der Waals surface area contributed by atoms with Crippen molar-refractivity contribution in [2.24, 2.45) is 0 Å². The van der Waals surface area contributed by atoms with Crippen molar-refractivity contribution in [3.05, 3.63) is 72.3 Å². The second-order valence-corrected chi connectivity index (χ2v) is 8.99. The Bertz CT molecular complexity index is 974. The molecule has 0 atom stereocenters. The highest BCUT2D eigenvalue weighted by molar-refractivity contribution is 9.12. The summed E-state index contributed by atoms with van der Waals surface area (Å²) >= 11 is 8.37. The number of fused-ring (bicyclic) bond motifs is 2. The van der Waals surface area contributed by atoms with Crippen LogP contribution in [-0.4, -0.2) is 11.6 Å². The SMILES string of the molecule is O=C1C(=Cc2cc(Br)sc2Br)C(=O)c2cc3ccccc3cc21. The maximum Gasteiger partial charge on any atom is 0.197 e. The normalized spacial score (nSPS) is 13.7. The number of halogens is 2. The highest BCUT2D eigenvalue weighted by Crippen LogP contribution is 2.36. The molecule has 0 saturated heterocycles. The van der Waals surface area contributed by atoms with E-state index in [1.54, 1.807) is 6.08 Å². The van der Waals surface area contributed by atoms with Crippen LogP contribution in [0.5, 0.6) is 0 Å². The molecule has 0 aliphatic heterocycles. The van der Waals surface area contributed by atoms with Gasteiger partial charge in [-0.2, -0.15) is 0 Å². The number of hydrogen-bond donors (Lipinski definition) is 0. The predicted molar refractivity (Wildman–Crippen MR) is 100 cm³/mol. The first-order valence-electron chi connectivity index (χ1n) is 6.83. The van der Waals surface area contributed by atoms with Crippen molar-refractivity contribution in [1.82, 2.24) is 0 Å². The van der Waals surface area contributed by atoms with Crippen LogP contribution in [0.25, 0.3) is 16.8 Å². The molecule has 4 rings (SSSR count). The van der Waals surface area contributed by atoms with Gasteiger partial charge in [0.2, 0.25) is 0 Å². The molecule has 1 aliphatic rings. The lowest BCUT2D eigenvalue weighted by molar-refractivity contribution is 0.0990. The van der Waals surface area contributed by atoms with Gasteiger partial charge in [-0.05, 0) is 66.9 Å². The molecule has 112 valence electrons. The first-order valence-corrected chi connectivity index (χ1v) is 9.23. The summed E-state index contributed by atoms with van der Waals surface area (Å²) in [5.41, 5.74) is 2.04. The molecular weight excluding hydrogens is 440 g/mol. The molecule has 23 heavy (non-hydrogen) atoms. The number of rotatable bonds is 1. The van der Waals surface area contributed by atoms with Crippen LogP contribution >= 0.6 is 43.2 Å². The molecular formula is C18H8Br2O2S. The largest absolute Gasteiger partial charge is 0.288 e. The van der Waals surface area contributed by atoms with Gasteiger partial charge in [-0.25, -0.2) is 0 Å². The average Bonchev–Trinajstić information content (AvgIpc) is 2.97. The highest BCUT2D eigenvalue weighted by Gasteiger charge is 2.33. The van der Waals surface area contributed by atoms with Gasteiger partial charge in [0.25, 0.3) is 0 Å². The zero-order valence-corrected chi connectivity index (χ0v) is 15.6. The summed E-state index contributed by atoms with van der Waals surface area (Å²) in [4.78, 5) is 25.3. The number of hydrogen-bond acceptors (Lipinski definition) is 3. The van der Waals surface area contributed by atoms with Gasteiger partial charge in [0.05, 0.1) is 13.1 Å². The van der Waals surface area contributed by atoms with Gasteiger partial charge in [-0.1, -0.05) is 24.3 Å². The van der Waals surface area contributed by atoms with Crippen molar-refractivity contribution in [1.29, 1.82) is 0 Å². The van der Waals surface area contributed by atoms with E-state index in [2.05, 4.69) is 31.9 Å². The highest BCUT2D eigenvalue weighted by atomic mass is 79.9. The summed E-state index contributed by atoms with van der Waals surface area (Å²) in [6.45, 7) is 0. The van der Waals surface area contributed by atoms with Crippen molar-refractivity contribution < 1.29 is 9.59 Å². The van der Waals surface area contributed by atoms with E-state index in [-0.39, 0.29) is 17.1 Å². The number of Topliss-reactive ketones (excluding diaryl/α,β-unsaturated/α-hetero) is 2. The van der Waals surface area contributed by atoms with Crippen molar-refractivity contribution in [2.45, 2.75) is 0 Å². The maximum atomic E-state index is 12.7. The van der Waals surface area contributed by atoms with E-state index in [1.807, 2.05) is 42.5 Å². The average molecular weight is 448 g/mol. The minimum absolute atomic E-state index is 0.204. The van der Waals surface area contributed by atoms with Gasteiger partial charge in [0, 0.05) is 16.7 Å². The molecule has 0 saturated carbocycles. The standard InChI is InChI=1S/C18H8Br2O2S/c19-15-8-11(18(20)23-15)7-14-16(21)12-5-9-3-1-2-4-10(9)6-13(12)17(14)22/h1-8H. The Morgan fingerprint density at radius 1 is 0.870 bits per heavy atom. The second kappa shape index (κ2) is 5.51. The lowest BCUT2D eigenvalue weighted by atomic mass is 10.0. The van der Waals surface area contributed by atoms with E-state index >= 15 is 0 Å². The zero-order valence-electron chi connectivity index (χ0n) is 11.6. The minimum Gasteiger partial charge on any atom is -0.288 e.